The number of hydrogen-bond acceptors (Lipinski definition) is 3. The van der Waals surface area contributed by atoms with Crippen molar-refractivity contribution in [2.75, 3.05) is 6.61 Å². The lowest BCUT2D eigenvalue weighted by atomic mass is 9.86. The number of nitrogens with one attached hydrogen (secondary N) is 1. The average molecular weight is 301 g/mol. The van der Waals surface area contributed by atoms with Crippen molar-refractivity contribution < 1.29 is 17.9 Å². The Morgan fingerprint density at radius 3 is 2.75 bits per heavy atom. The van der Waals surface area contributed by atoms with Crippen LogP contribution < -0.4 is 4.72 Å². The number of hydrogen-bond donors (Lipinski definition) is 2. The third-order valence-electron chi connectivity index (χ3n) is 3.83. The lowest BCUT2D eigenvalue weighted by molar-refractivity contribution is 0.164. The van der Waals surface area contributed by atoms with E-state index in [0.717, 1.165) is 25.3 Å². The number of rotatable bonds is 4. The first kappa shape index (κ1) is 15.4. The van der Waals surface area contributed by atoms with Crippen molar-refractivity contribution >= 4 is 10.0 Å². The summed E-state index contributed by atoms with van der Waals surface area (Å²) in [5.41, 5.74) is 0.689. The highest BCUT2D eigenvalue weighted by atomic mass is 32.2. The Bertz CT molecular complexity index is 574. The monoisotopic (exact) mass is 301 g/mol. The Kier molecular flexibility index (Phi) is 4.78. The summed E-state index contributed by atoms with van der Waals surface area (Å²) < 4.78 is 40.9. The predicted octanol–water partition coefficient (Wildman–Crippen LogP) is 1.96. The zero-order chi connectivity index (χ0) is 14.8. The Balaban J connectivity index is 2.24. The van der Waals surface area contributed by atoms with Gasteiger partial charge in [0.05, 0.1) is 0 Å². The van der Waals surface area contributed by atoms with Crippen LogP contribution >= 0.6 is 0 Å². The fourth-order valence-corrected chi connectivity index (χ4v) is 4.16. The van der Waals surface area contributed by atoms with Crippen molar-refractivity contribution in [2.45, 2.75) is 43.5 Å². The smallest absolute Gasteiger partial charge is 0.243 e. The van der Waals surface area contributed by atoms with E-state index < -0.39 is 15.8 Å². The van der Waals surface area contributed by atoms with Gasteiger partial charge >= 0.3 is 0 Å². The molecule has 0 saturated heterocycles. The summed E-state index contributed by atoms with van der Waals surface area (Å²) in [4.78, 5) is -0.320. The number of halogens is 1. The van der Waals surface area contributed by atoms with Crippen LogP contribution in [0.1, 0.15) is 31.2 Å². The minimum Gasteiger partial charge on any atom is -0.396 e. The van der Waals surface area contributed by atoms with Gasteiger partial charge in [-0.05, 0) is 43.4 Å². The van der Waals surface area contributed by atoms with E-state index >= 15 is 0 Å². The normalized spacial score (nSPS) is 23.8. The molecule has 1 aliphatic carbocycles. The van der Waals surface area contributed by atoms with E-state index in [1.807, 2.05) is 0 Å². The van der Waals surface area contributed by atoms with Crippen molar-refractivity contribution in [1.29, 1.82) is 0 Å². The second-order valence-electron chi connectivity index (χ2n) is 5.39. The van der Waals surface area contributed by atoms with Gasteiger partial charge in [-0.1, -0.05) is 18.9 Å². The number of aryl methyl sites for hydroxylation is 1. The molecular formula is C14H20FNO3S. The van der Waals surface area contributed by atoms with Gasteiger partial charge in [0.25, 0.3) is 0 Å². The Morgan fingerprint density at radius 1 is 1.35 bits per heavy atom. The lowest BCUT2D eigenvalue weighted by Crippen LogP contribution is -2.43. The molecule has 6 heteroatoms. The molecule has 4 nitrogen and oxygen atoms in total. The molecule has 1 aromatic carbocycles. The maximum atomic E-state index is 13.7. The zero-order valence-electron chi connectivity index (χ0n) is 11.5. The van der Waals surface area contributed by atoms with Gasteiger partial charge in [0.15, 0.2) is 0 Å². The van der Waals surface area contributed by atoms with Crippen LogP contribution in [0.25, 0.3) is 0 Å². The summed E-state index contributed by atoms with van der Waals surface area (Å²) in [7, 11) is -3.89. The fourth-order valence-electron chi connectivity index (χ4n) is 2.66. The molecule has 1 aromatic rings. The first-order valence-corrected chi connectivity index (χ1v) is 8.31. The molecule has 0 aromatic heterocycles. The van der Waals surface area contributed by atoms with E-state index in [2.05, 4.69) is 4.72 Å². The molecular weight excluding hydrogens is 281 g/mol. The van der Waals surface area contributed by atoms with Crippen LogP contribution in [-0.4, -0.2) is 26.2 Å². The Labute approximate surface area is 119 Å². The van der Waals surface area contributed by atoms with Crippen LogP contribution in [0.15, 0.2) is 23.1 Å². The molecule has 2 atom stereocenters. The molecule has 0 aliphatic heterocycles. The van der Waals surface area contributed by atoms with Crippen LogP contribution in [-0.2, 0) is 10.0 Å². The summed E-state index contributed by atoms with van der Waals surface area (Å²) in [6.07, 6.45) is 3.38. The molecule has 1 aliphatic rings. The second kappa shape index (κ2) is 6.20. The summed E-state index contributed by atoms with van der Waals surface area (Å²) in [5.74, 6) is -0.842. The predicted molar refractivity (Wildman–Crippen MR) is 74.3 cm³/mol. The molecule has 0 amide bonds. The minimum atomic E-state index is -3.89. The molecule has 0 radical (unpaired) electrons. The van der Waals surface area contributed by atoms with E-state index in [1.54, 1.807) is 6.92 Å². The summed E-state index contributed by atoms with van der Waals surface area (Å²) in [6.45, 7) is 1.67. The molecule has 0 heterocycles. The summed E-state index contributed by atoms with van der Waals surface area (Å²) in [5, 5.41) is 9.32. The van der Waals surface area contributed by atoms with Crippen LogP contribution in [0, 0.1) is 18.7 Å². The van der Waals surface area contributed by atoms with E-state index in [9.17, 15) is 17.9 Å². The number of aliphatic hydroxyl groups is 1. The van der Waals surface area contributed by atoms with Gasteiger partial charge in [-0.25, -0.2) is 17.5 Å². The molecule has 1 saturated carbocycles. The van der Waals surface area contributed by atoms with E-state index in [4.69, 9.17) is 0 Å². The molecule has 0 bridgehead atoms. The van der Waals surface area contributed by atoms with Crippen molar-refractivity contribution in [3.05, 3.63) is 29.6 Å². The SMILES string of the molecule is Cc1ccc(F)c(S(=O)(=O)NC2CCCCC2CO)c1. The third kappa shape index (κ3) is 3.37. The summed E-state index contributed by atoms with van der Waals surface area (Å²) in [6, 6.07) is 3.70. The highest BCUT2D eigenvalue weighted by Crippen LogP contribution is 2.26. The standard InChI is InChI=1S/C14H20FNO3S/c1-10-6-7-12(15)14(8-10)20(18,19)16-13-5-3-2-4-11(13)9-17/h6-8,11,13,16-17H,2-5,9H2,1H3. The molecule has 2 N–H and O–H groups in total. The first-order valence-electron chi connectivity index (χ1n) is 6.83. The molecule has 1 fully saturated rings. The average Bonchev–Trinajstić information content (AvgIpc) is 2.41. The fraction of sp³-hybridized carbons (Fsp3) is 0.571. The molecule has 2 unspecified atom stereocenters. The van der Waals surface area contributed by atoms with Crippen LogP contribution in [0.2, 0.25) is 0 Å². The topological polar surface area (TPSA) is 66.4 Å². The largest absolute Gasteiger partial charge is 0.396 e. The molecule has 0 spiro atoms. The van der Waals surface area contributed by atoms with Crippen molar-refractivity contribution in [1.82, 2.24) is 4.72 Å². The number of benzene rings is 1. The van der Waals surface area contributed by atoms with Gasteiger partial charge in [0.1, 0.15) is 10.7 Å². The Hall–Kier alpha value is -0.980. The highest BCUT2D eigenvalue weighted by Gasteiger charge is 2.30. The van der Waals surface area contributed by atoms with E-state index in [-0.39, 0.29) is 23.5 Å². The van der Waals surface area contributed by atoms with Gasteiger partial charge in [-0.15, -0.1) is 0 Å². The van der Waals surface area contributed by atoms with Crippen LogP contribution in [0.5, 0.6) is 0 Å². The zero-order valence-corrected chi connectivity index (χ0v) is 12.3. The van der Waals surface area contributed by atoms with Gasteiger partial charge in [-0.3, -0.25) is 0 Å². The van der Waals surface area contributed by atoms with Gasteiger partial charge in [0.2, 0.25) is 10.0 Å². The first-order chi connectivity index (χ1) is 9.44. The van der Waals surface area contributed by atoms with Crippen molar-refractivity contribution in [3.63, 3.8) is 0 Å². The third-order valence-corrected chi connectivity index (χ3v) is 5.33. The quantitative estimate of drug-likeness (QED) is 0.893. The van der Waals surface area contributed by atoms with Crippen LogP contribution in [0.4, 0.5) is 4.39 Å². The van der Waals surface area contributed by atoms with Gasteiger partial charge in [-0.2, -0.15) is 0 Å². The van der Waals surface area contributed by atoms with E-state index in [1.165, 1.54) is 12.1 Å². The molecule has 20 heavy (non-hydrogen) atoms. The summed E-state index contributed by atoms with van der Waals surface area (Å²) >= 11 is 0. The van der Waals surface area contributed by atoms with Crippen LogP contribution in [0.3, 0.4) is 0 Å². The highest BCUT2D eigenvalue weighted by molar-refractivity contribution is 7.89. The lowest BCUT2D eigenvalue weighted by Gasteiger charge is -2.30. The number of aliphatic hydroxyl groups excluding tert-OH is 1. The van der Waals surface area contributed by atoms with E-state index in [0.29, 0.717) is 12.0 Å². The molecule has 2 rings (SSSR count). The Morgan fingerprint density at radius 2 is 2.05 bits per heavy atom. The van der Waals surface area contributed by atoms with Gasteiger partial charge in [0, 0.05) is 12.6 Å². The maximum Gasteiger partial charge on any atom is 0.243 e. The number of sulfonamides is 1. The van der Waals surface area contributed by atoms with Crippen molar-refractivity contribution in [2.24, 2.45) is 5.92 Å². The maximum absolute atomic E-state index is 13.7. The van der Waals surface area contributed by atoms with Gasteiger partial charge < -0.3 is 5.11 Å². The molecule has 112 valence electrons. The second-order valence-corrected chi connectivity index (χ2v) is 7.07. The minimum absolute atomic E-state index is 0.0521. The van der Waals surface area contributed by atoms with Crippen molar-refractivity contribution in [3.8, 4) is 0 Å².